The smallest absolute Gasteiger partial charge is 0.258 e. The van der Waals surface area contributed by atoms with Crippen molar-refractivity contribution in [3.63, 3.8) is 0 Å². The van der Waals surface area contributed by atoms with Gasteiger partial charge in [-0.1, -0.05) is 0 Å². The SMILES string of the molecule is CC(C)NC(=O)c1c(N)nsc1NC1CCOC1C1CC1. The molecule has 2 aliphatic rings. The number of hydrogen-bond acceptors (Lipinski definition) is 6. The Morgan fingerprint density at radius 2 is 2.19 bits per heavy atom. The molecular formula is C14H22N4O2S. The number of amides is 1. The van der Waals surface area contributed by atoms with E-state index in [4.69, 9.17) is 10.5 Å². The molecule has 1 saturated heterocycles. The first-order valence-electron chi connectivity index (χ1n) is 7.50. The summed E-state index contributed by atoms with van der Waals surface area (Å²) in [6.07, 6.45) is 3.71. The zero-order chi connectivity index (χ0) is 15.0. The summed E-state index contributed by atoms with van der Waals surface area (Å²) >= 11 is 1.25. The van der Waals surface area contributed by atoms with Crippen molar-refractivity contribution < 1.29 is 9.53 Å². The average molecular weight is 310 g/mol. The molecule has 6 nitrogen and oxygen atoms in total. The summed E-state index contributed by atoms with van der Waals surface area (Å²) in [6.45, 7) is 4.63. The second-order valence-electron chi connectivity index (χ2n) is 6.11. The number of nitrogens with two attached hydrogens (primary N) is 1. The maximum absolute atomic E-state index is 12.3. The van der Waals surface area contributed by atoms with E-state index >= 15 is 0 Å². The van der Waals surface area contributed by atoms with Crippen LogP contribution >= 0.6 is 11.5 Å². The van der Waals surface area contributed by atoms with Crippen LogP contribution in [0.5, 0.6) is 0 Å². The fourth-order valence-corrected chi connectivity index (χ4v) is 3.55. The van der Waals surface area contributed by atoms with Gasteiger partial charge < -0.3 is 21.1 Å². The molecule has 2 fully saturated rings. The van der Waals surface area contributed by atoms with E-state index in [1.807, 2.05) is 13.8 Å². The molecule has 0 spiro atoms. The summed E-state index contributed by atoms with van der Waals surface area (Å²) in [6, 6.07) is 0.321. The zero-order valence-corrected chi connectivity index (χ0v) is 13.2. The highest BCUT2D eigenvalue weighted by atomic mass is 32.1. The highest BCUT2D eigenvalue weighted by Crippen LogP contribution is 2.40. The molecule has 0 aromatic carbocycles. The Balaban J connectivity index is 1.74. The second-order valence-corrected chi connectivity index (χ2v) is 6.89. The predicted molar refractivity (Wildman–Crippen MR) is 83.6 cm³/mol. The minimum Gasteiger partial charge on any atom is -0.382 e. The maximum atomic E-state index is 12.3. The van der Waals surface area contributed by atoms with E-state index in [1.165, 1.54) is 24.4 Å². The number of carbonyl (C=O) groups is 1. The Bertz CT molecular complexity index is 527. The molecule has 21 heavy (non-hydrogen) atoms. The van der Waals surface area contributed by atoms with Crippen LogP contribution in [0.2, 0.25) is 0 Å². The number of nitrogen functional groups attached to an aromatic ring is 1. The van der Waals surface area contributed by atoms with Crippen molar-refractivity contribution in [2.45, 2.75) is 51.3 Å². The van der Waals surface area contributed by atoms with Crippen molar-refractivity contribution in [2.75, 3.05) is 17.7 Å². The van der Waals surface area contributed by atoms with E-state index < -0.39 is 0 Å². The molecule has 1 aliphatic heterocycles. The van der Waals surface area contributed by atoms with Gasteiger partial charge in [0.1, 0.15) is 10.6 Å². The predicted octanol–water partition coefficient (Wildman–Crippen LogP) is 1.84. The van der Waals surface area contributed by atoms with Crippen LogP contribution < -0.4 is 16.4 Å². The molecule has 2 heterocycles. The van der Waals surface area contributed by atoms with E-state index in [9.17, 15) is 4.79 Å². The molecule has 1 aromatic rings. The zero-order valence-electron chi connectivity index (χ0n) is 12.4. The minimum absolute atomic E-state index is 0.0682. The molecule has 4 N–H and O–H groups in total. The van der Waals surface area contributed by atoms with Gasteiger partial charge in [-0.15, -0.1) is 0 Å². The Kier molecular flexibility index (Phi) is 4.03. The summed E-state index contributed by atoms with van der Waals surface area (Å²) in [7, 11) is 0. The third kappa shape index (κ3) is 3.13. The number of ether oxygens (including phenoxy) is 1. The Hall–Kier alpha value is -1.34. The molecule has 1 amide bonds. The molecular weight excluding hydrogens is 288 g/mol. The fourth-order valence-electron chi connectivity index (χ4n) is 2.78. The summed E-state index contributed by atoms with van der Waals surface area (Å²) < 4.78 is 9.95. The first kappa shape index (κ1) is 14.6. The number of nitrogens with one attached hydrogen (secondary N) is 2. The molecule has 2 atom stereocenters. The Morgan fingerprint density at radius 3 is 2.86 bits per heavy atom. The number of rotatable bonds is 5. The van der Waals surface area contributed by atoms with Gasteiger partial charge in [-0.3, -0.25) is 4.79 Å². The van der Waals surface area contributed by atoms with Crippen LogP contribution in [0.3, 0.4) is 0 Å². The second kappa shape index (κ2) is 5.81. The Morgan fingerprint density at radius 1 is 1.43 bits per heavy atom. The van der Waals surface area contributed by atoms with Crippen LogP contribution in [0.4, 0.5) is 10.8 Å². The summed E-state index contributed by atoms with van der Waals surface area (Å²) in [4.78, 5) is 12.3. The lowest BCUT2D eigenvalue weighted by Crippen LogP contribution is -2.33. The topological polar surface area (TPSA) is 89.3 Å². The van der Waals surface area contributed by atoms with E-state index in [0.717, 1.165) is 18.0 Å². The van der Waals surface area contributed by atoms with Crippen LogP contribution in [-0.4, -0.2) is 35.1 Å². The molecule has 1 aromatic heterocycles. The van der Waals surface area contributed by atoms with Gasteiger partial charge in [-0.25, -0.2) is 0 Å². The first-order chi connectivity index (χ1) is 10.1. The standard InChI is InChI=1S/C14H22N4O2S/c1-7(2)16-13(19)10-12(15)18-21-14(10)17-9-5-6-20-11(9)8-3-4-8/h7-9,11,17H,3-6H2,1-2H3,(H2,15,18)(H,16,19). The highest BCUT2D eigenvalue weighted by molar-refractivity contribution is 7.11. The van der Waals surface area contributed by atoms with Crippen molar-refractivity contribution >= 4 is 28.3 Å². The van der Waals surface area contributed by atoms with E-state index in [-0.39, 0.29) is 24.1 Å². The number of anilines is 2. The summed E-state index contributed by atoms with van der Waals surface area (Å²) in [5.41, 5.74) is 6.33. The minimum atomic E-state index is -0.166. The molecule has 1 saturated carbocycles. The van der Waals surface area contributed by atoms with Gasteiger partial charge in [0.05, 0.1) is 12.1 Å². The third-order valence-electron chi connectivity index (χ3n) is 3.90. The molecule has 1 aliphatic carbocycles. The van der Waals surface area contributed by atoms with Gasteiger partial charge in [0, 0.05) is 12.6 Å². The lowest BCUT2D eigenvalue weighted by atomic mass is 10.1. The first-order valence-corrected chi connectivity index (χ1v) is 8.27. The van der Waals surface area contributed by atoms with Crippen molar-refractivity contribution in [1.82, 2.24) is 9.69 Å². The number of hydrogen-bond donors (Lipinski definition) is 3. The van der Waals surface area contributed by atoms with Crippen LogP contribution in [-0.2, 0) is 4.74 Å². The van der Waals surface area contributed by atoms with Crippen LogP contribution in [0.25, 0.3) is 0 Å². The monoisotopic (exact) mass is 310 g/mol. The molecule has 2 unspecified atom stereocenters. The number of nitrogens with zero attached hydrogens (tertiary/aromatic N) is 1. The van der Waals surface area contributed by atoms with Crippen molar-refractivity contribution in [3.05, 3.63) is 5.56 Å². The van der Waals surface area contributed by atoms with Crippen LogP contribution in [0, 0.1) is 5.92 Å². The third-order valence-corrected chi connectivity index (χ3v) is 4.70. The highest BCUT2D eigenvalue weighted by Gasteiger charge is 2.41. The van der Waals surface area contributed by atoms with Crippen LogP contribution in [0.15, 0.2) is 0 Å². The van der Waals surface area contributed by atoms with Crippen molar-refractivity contribution in [1.29, 1.82) is 0 Å². The lowest BCUT2D eigenvalue weighted by molar-refractivity contribution is 0.0896. The quantitative estimate of drug-likeness (QED) is 0.772. The van der Waals surface area contributed by atoms with Crippen molar-refractivity contribution in [3.8, 4) is 0 Å². The lowest BCUT2D eigenvalue weighted by Gasteiger charge is -2.20. The van der Waals surface area contributed by atoms with Gasteiger partial charge in [-0.2, -0.15) is 4.37 Å². The largest absolute Gasteiger partial charge is 0.382 e. The van der Waals surface area contributed by atoms with Gasteiger partial charge in [0.15, 0.2) is 5.82 Å². The fraction of sp³-hybridized carbons (Fsp3) is 0.714. The molecule has 0 bridgehead atoms. The Labute approximate surface area is 128 Å². The van der Waals surface area contributed by atoms with Gasteiger partial charge in [0.25, 0.3) is 5.91 Å². The van der Waals surface area contributed by atoms with Gasteiger partial charge in [-0.05, 0) is 50.6 Å². The van der Waals surface area contributed by atoms with Gasteiger partial charge >= 0.3 is 0 Å². The van der Waals surface area contributed by atoms with E-state index in [1.54, 1.807) is 0 Å². The summed E-state index contributed by atoms with van der Waals surface area (Å²) in [5.74, 6) is 0.798. The van der Waals surface area contributed by atoms with E-state index in [0.29, 0.717) is 17.3 Å². The number of aromatic nitrogens is 1. The molecule has 3 rings (SSSR count). The number of carbonyl (C=O) groups excluding carboxylic acids is 1. The maximum Gasteiger partial charge on any atom is 0.258 e. The van der Waals surface area contributed by atoms with Crippen LogP contribution in [0.1, 0.15) is 43.5 Å². The van der Waals surface area contributed by atoms with Crippen molar-refractivity contribution in [2.24, 2.45) is 5.92 Å². The van der Waals surface area contributed by atoms with Gasteiger partial charge in [0.2, 0.25) is 0 Å². The molecule has 7 heteroatoms. The summed E-state index contributed by atoms with van der Waals surface area (Å²) in [5, 5.41) is 7.08. The molecule has 116 valence electrons. The van der Waals surface area contributed by atoms with E-state index in [2.05, 4.69) is 15.0 Å². The average Bonchev–Trinajstić information content (AvgIpc) is 3.04. The molecule has 0 radical (unpaired) electrons. The normalized spacial score (nSPS) is 25.3.